The van der Waals surface area contributed by atoms with E-state index in [-0.39, 0.29) is 26.3 Å². The fourth-order valence-electron chi connectivity index (χ4n) is 7.22. The van der Waals surface area contributed by atoms with E-state index in [0.717, 1.165) is 71.1 Å². The van der Waals surface area contributed by atoms with E-state index in [0.29, 0.717) is 11.5 Å². The van der Waals surface area contributed by atoms with Crippen molar-refractivity contribution < 1.29 is 25.2 Å². The van der Waals surface area contributed by atoms with Crippen molar-refractivity contribution in [3.63, 3.8) is 0 Å². The third kappa shape index (κ3) is 6.93. The minimum atomic E-state index is 0. The summed E-state index contributed by atoms with van der Waals surface area (Å²) in [5, 5.41) is 7.61. The predicted molar refractivity (Wildman–Crippen MR) is 206 cm³/mol. The molecule has 3 aromatic heterocycles. The van der Waals surface area contributed by atoms with Crippen LogP contribution in [0, 0.1) is 26.0 Å². The van der Waals surface area contributed by atoms with Crippen LogP contribution in [0.4, 0.5) is 0 Å². The Morgan fingerprint density at radius 2 is 1.53 bits per heavy atom. The molecule has 0 spiro atoms. The number of hydrogen-bond acceptors (Lipinski definition) is 3. The zero-order chi connectivity index (χ0) is 34.9. The predicted octanol–water partition coefficient (Wildman–Crippen LogP) is 11.6. The summed E-state index contributed by atoms with van der Waals surface area (Å²) in [7, 11) is 0. The van der Waals surface area contributed by atoms with Crippen LogP contribution in [0.1, 0.15) is 87.0 Å². The molecule has 0 aliphatic heterocycles. The van der Waals surface area contributed by atoms with E-state index in [1.165, 1.54) is 39.1 Å². The molecule has 262 valence electrons. The van der Waals surface area contributed by atoms with E-state index in [4.69, 9.17) is 14.8 Å². The number of para-hydroxylation sites is 1. The molecule has 0 aliphatic carbocycles. The monoisotopic (exact) mass is 764 g/mol. The van der Waals surface area contributed by atoms with Gasteiger partial charge in [0.1, 0.15) is 5.82 Å². The first-order valence-corrected chi connectivity index (χ1v) is 18.1. The molecule has 5 nitrogen and oxygen atoms in total. The van der Waals surface area contributed by atoms with E-state index in [2.05, 4.69) is 143 Å². The van der Waals surface area contributed by atoms with E-state index >= 15 is 0 Å². The maximum atomic E-state index is 6.69. The molecule has 51 heavy (non-hydrogen) atoms. The van der Waals surface area contributed by atoms with E-state index in [1.54, 1.807) is 0 Å². The van der Waals surface area contributed by atoms with Gasteiger partial charge in [-0.2, -0.15) is 11.2 Å². The van der Waals surface area contributed by atoms with Gasteiger partial charge in [-0.25, -0.2) is 4.98 Å². The standard InChI is InChI=1S/C45H46N4O.Pd/c1-8-14-39-45(44-30(6)16-13-17-31(44)7)41(15-9-2)49(47-39)34-25-33(29(4)5)26-36(27-34)50-35-20-21-38-37-18-11-12-19-40(37)48(42(38)28-35)43-24-32(10-3)22-23-46-43;/h11-13,16-26,29H,8-10,14-15H2,1-7H3;/q-2;+2. The molecule has 0 saturated heterocycles. The molecular formula is C45H46N4OPd. The number of hydrogen-bond donors (Lipinski definition) is 0. The Hall–Kier alpha value is -4.50. The Morgan fingerprint density at radius 1 is 0.765 bits per heavy atom. The van der Waals surface area contributed by atoms with Crippen molar-refractivity contribution in [1.82, 2.24) is 19.3 Å². The first-order chi connectivity index (χ1) is 24.3. The van der Waals surface area contributed by atoms with Gasteiger partial charge in [-0.1, -0.05) is 89.4 Å². The van der Waals surface area contributed by atoms with Gasteiger partial charge in [0.05, 0.1) is 5.69 Å². The van der Waals surface area contributed by atoms with Crippen molar-refractivity contribution in [3.8, 4) is 34.1 Å². The second-order valence-corrected chi connectivity index (χ2v) is 13.7. The van der Waals surface area contributed by atoms with Crippen molar-refractivity contribution in [2.45, 2.75) is 86.5 Å². The zero-order valence-electron chi connectivity index (χ0n) is 30.7. The largest absolute Gasteiger partial charge is 2.00 e. The number of ether oxygens (including phenoxy) is 1. The first-order valence-electron chi connectivity index (χ1n) is 18.1. The minimum Gasteiger partial charge on any atom is -0.509 e. The number of nitrogens with zero attached hydrogens (tertiary/aromatic N) is 4. The van der Waals surface area contributed by atoms with Gasteiger partial charge in [-0.3, -0.25) is 4.68 Å². The number of benzene rings is 4. The summed E-state index contributed by atoms with van der Waals surface area (Å²) in [4.78, 5) is 4.78. The van der Waals surface area contributed by atoms with Gasteiger partial charge < -0.3 is 9.30 Å². The molecule has 3 heterocycles. The second kappa shape index (κ2) is 15.4. The first kappa shape index (κ1) is 36.3. The summed E-state index contributed by atoms with van der Waals surface area (Å²) in [5.41, 5.74) is 12.9. The number of pyridine rings is 1. The molecule has 7 aromatic rings. The van der Waals surface area contributed by atoms with Crippen LogP contribution in [-0.4, -0.2) is 19.3 Å². The van der Waals surface area contributed by atoms with E-state index in [9.17, 15) is 0 Å². The summed E-state index contributed by atoms with van der Waals surface area (Å²) in [5.74, 6) is 2.45. The zero-order valence-corrected chi connectivity index (χ0v) is 32.3. The SMILES string of the molecule is CCCc1nn(-c2[c-]c(Oc3[c-]c4c(cc3)c3ccccc3n4-c3cc(CC)ccn3)cc(C(C)C)c2)c(CCC)c1-c1c(C)cccc1C.[Pd+2]. The van der Waals surface area contributed by atoms with Crippen molar-refractivity contribution in [3.05, 3.63) is 131 Å². The smallest absolute Gasteiger partial charge is 0.509 e. The van der Waals surface area contributed by atoms with Gasteiger partial charge in [0.15, 0.2) is 0 Å². The summed E-state index contributed by atoms with van der Waals surface area (Å²) >= 11 is 0. The Kier molecular flexibility index (Phi) is 11.0. The van der Waals surface area contributed by atoms with Gasteiger partial charge in [-0.15, -0.1) is 41.3 Å². The van der Waals surface area contributed by atoms with Crippen molar-refractivity contribution in [1.29, 1.82) is 0 Å². The average molecular weight is 765 g/mol. The number of fused-ring (bicyclic) bond motifs is 3. The molecule has 0 unspecified atom stereocenters. The Balaban J connectivity index is 0.00000448. The molecule has 0 aliphatic rings. The maximum Gasteiger partial charge on any atom is 2.00 e. The van der Waals surface area contributed by atoms with Crippen LogP contribution in [0.2, 0.25) is 0 Å². The molecule has 6 heteroatoms. The van der Waals surface area contributed by atoms with Gasteiger partial charge in [0, 0.05) is 34.5 Å². The molecule has 0 atom stereocenters. The average Bonchev–Trinajstić information content (AvgIpc) is 3.63. The van der Waals surface area contributed by atoms with Crippen molar-refractivity contribution >= 4 is 21.8 Å². The van der Waals surface area contributed by atoms with Gasteiger partial charge in [0.25, 0.3) is 0 Å². The summed E-state index contributed by atoms with van der Waals surface area (Å²) in [6.07, 6.45) is 6.70. The van der Waals surface area contributed by atoms with Crippen LogP contribution in [0.5, 0.6) is 11.5 Å². The fraction of sp³-hybridized carbons (Fsp3) is 0.289. The number of aromatic nitrogens is 4. The fourth-order valence-corrected chi connectivity index (χ4v) is 7.22. The third-order valence-corrected chi connectivity index (χ3v) is 9.73. The molecule has 0 bridgehead atoms. The number of rotatable bonds is 11. The minimum absolute atomic E-state index is 0. The summed E-state index contributed by atoms with van der Waals surface area (Å²) in [6, 6.07) is 35.0. The van der Waals surface area contributed by atoms with E-state index in [1.807, 2.05) is 12.3 Å². The van der Waals surface area contributed by atoms with Crippen molar-refractivity contribution in [2.24, 2.45) is 0 Å². The summed E-state index contributed by atoms with van der Waals surface area (Å²) < 4.78 is 11.0. The molecule has 4 aromatic carbocycles. The Morgan fingerprint density at radius 3 is 2.25 bits per heavy atom. The van der Waals surface area contributed by atoms with Crippen molar-refractivity contribution in [2.75, 3.05) is 0 Å². The topological polar surface area (TPSA) is 44.9 Å². The molecule has 0 saturated carbocycles. The molecule has 7 rings (SSSR count). The molecule has 0 amide bonds. The normalized spacial score (nSPS) is 11.5. The maximum absolute atomic E-state index is 6.69. The molecule has 0 fully saturated rings. The van der Waals surface area contributed by atoms with Gasteiger partial charge in [-0.05, 0) is 90.6 Å². The second-order valence-electron chi connectivity index (χ2n) is 13.7. The van der Waals surface area contributed by atoms with E-state index < -0.39 is 0 Å². The Labute approximate surface area is 316 Å². The van der Waals surface area contributed by atoms with Crippen LogP contribution < -0.4 is 4.74 Å². The molecular weight excluding hydrogens is 719 g/mol. The quantitative estimate of drug-likeness (QED) is 0.0973. The van der Waals surface area contributed by atoms with Crippen LogP contribution in [0.25, 0.3) is 44.4 Å². The van der Waals surface area contributed by atoms with Crippen LogP contribution in [0.3, 0.4) is 0 Å². The third-order valence-electron chi connectivity index (χ3n) is 9.73. The number of aryl methyl sites for hydroxylation is 4. The van der Waals surface area contributed by atoms with Crippen LogP contribution in [-0.2, 0) is 39.7 Å². The van der Waals surface area contributed by atoms with Gasteiger partial charge >= 0.3 is 20.4 Å². The van der Waals surface area contributed by atoms with Crippen LogP contribution in [0.15, 0.2) is 85.1 Å². The van der Waals surface area contributed by atoms with Crippen LogP contribution >= 0.6 is 0 Å². The molecule has 0 radical (unpaired) electrons. The Bertz CT molecular complexity index is 2310. The molecule has 0 N–H and O–H groups in total. The van der Waals surface area contributed by atoms with Gasteiger partial charge in [0.2, 0.25) is 0 Å². The summed E-state index contributed by atoms with van der Waals surface area (Å²) in [6.45, 7) is 15.5.